The summed E-state index contributed by atoms with van der Waals surface area (Å²) < 4.78 is 15.8. The number of nitrogens with two attached hydrogens (primary N) is 1. The predicted molar refractivity (Wildman–Crippen MR) is 62.2 cm³/mol. The van der Waals surface area contributed by atoms with Crippen LogP contribution in [0.5, 0.6) is 0 Å². The van der Waals surface area contributed by atoms with Gasteiger partial charge in [-0.25, -0.2) is 0 Å². The summed E-state index contributed by atoms with van der Waals surface area (Å²) >= 11 is 0. The van der Waals surface area contributed by atoms with E-state index in [1.165, 1.54) is 6.42 Å². The van der Waals surface area contributed by atoms with Gasteiger partial charge in [-0.1, -0.05) is 0 Å². The minimum absolute atomic E-state index is 0.189. The largest absolute Gasteiger partial charge is 0.377 e. The molecule has 0 aromatic carbocycles. The molecule has 0 aliphatic carbocycles. The molecule has 16 heavy (non-hydrogen) atoms. The number of nitrogens with one attached hydrogen (secondary N) is 1. The van der Waals surface area contributed by atoms with Crippen LogP contribution in [-0.4, -0.2) is 52.4 Å². The van der Waals surface area contributed by atoms with Crippen molar-refractivity contribution in [2.75, 3.05) is 33.9 Å². The van der Waals surface area contributed by atoms with Gasteiger partial charge < -0.3 is 25.3 Å². The van der Waals surface area contributed by atoms with Crippen LogP contribution in [0.15, 0.2) is 0 Å². The zero-order valence-corrected chi connectivity index (χ0v) is 10.3. The fourth-order valence-electron chi connectivity index (χ4n) is 1.89. The second-order valence-corrected chi connectivity index (χ2v) is 4.11. The third kappa shape index (κ3) is 4.76. The Balaban J connectivity index is 2.19. The zero-order chi connectivity index (χ0) is 11.8. The molecule has 0 aromatic rings. The van der Waals surface area contributed by atoms with Crippen LogP contribution in [-0.2, 0) is 14.2 Å². The minimum atomic E-state index is -0.189. The molecule has 0 saturated carbocycles. The Morgan fingerprint density at radius 1 is 1.44 bits per heavy atom. The summed E-state index contributed by atoms with van der Waals surface area (Å²) in [6, 6.07) is 0.217. The highest BCUT2D eigenvalue weighted by molar-refractivity contribution is 4.74. The molecule has 0 spiro atoms. The van der Waals surface area contributed by atoms with Crippen molar-refractivity contribution in [2.24, 2.45) is 5.73 Å². The van der Waals surface area contributed by atoms with E-state index in [0.717, 1.165) is 26.0 Å². The first kappa shape index (κ1) is 13.9. The van der Waals surface area contributed by atoms with Gasteiger partial charge in [0.2, 0.25) is 0 Å². The molecular weight excluding hydrogens is 208 g/mol. The van der Waals surface area contributed by atoms with Crippen molar-refractivity contribution in [1.29, 1.82) is 0 Å². The molecule has 5 nitrogen and oxygen atoms in total. The van der Waals surface area contributed by atoms with Gasteiger partial charge in [-0.2, -0.15) is 0 Å². The van der Waals surface area contributed by atoms with Crippen molar-refractivity contribution in [1.82, 2.24) is 5.32 Å². The van der Waals surface area contributed by atoms with E-state index in [2.05, 4.69) is 5.32 Å². The molecule has 0 amide bonds. The van der Waals surface area contributed by atoms with Crippen LogP contribution >= 0.6 is 0 Å². The highest BCUT2D eigenvalue weighted by Gasteiger charge is 2.19. The van der Waals surface area contributed by atoms with Crippen molar-refractivity contribution in [3.05, 3.63) is 0 Å². The Kier molecular flexibility index (Phi) is 6.91. The smallest absolute Gasteiger partial charge is 0.158 e. The predicted octanol–water partition coefficient (Wildman–Crippen LogP) is 0.0913. The second kappa shape index (κ2) is 7.97. The first-order valence-electron chi connectivity index (χ1n) is 5.90. The molecule has 0 aromatic heterocycles. The topological polar surface area (TPSA) is 65.7 Å². The van der Waals surface area contributed by atoms with Crippen LogP contribution in [0.2, 0.25) is 0 Å². The third-order valence-corrected chi connectivity index (χ3v) is 2.95. The summed E-state index contributed by atoms with van der Waals surface area (Å²) in [5.74, 6) is 0. The summed E-state index contributed by atoms with van der Waals surface area (Å²) in [5.41, 5.74) is 5.70. The van der Waals surface area contributed by atoms with Gasteiger partial charge in [0.15, 0.2) is 6.29 Å². The lowest BCUT2D eigenvalue weighted by Gasteiger charge is -2.23. The van der Waals surface area contributed by atoms with Gasteiger partial charge in [0.1, 0.15) is 0 Å². The Morgan fingerprint density at radius 2 is 2.19 bits per heavy atom. The second-order valence-electron chi connectivity index (χ2n) is 4.11. The van der Waals surface area contributed by atoms with Gasteiger partial charge in [-0.15, -0.1) is 0 Å². The van der Waals surface area contributed by atoms with Crippen molar-refractivity contribution in [3.63, 3.8) is 0 Å². The molecule has 1 saturated heterocycles. The molecule has 1 heterocycles. The number of hydrogen-bond acceptors (Lipinski definition) is 5. The molecule has 1 aliphatic heterocycles. The van der Waals surface area contributed by atoms with E-state index < -0.39 is 0 Å². The highest BCUT2D eigenvalue weighted by Crippen LogP contribution is 2.11. The van der Waals surface area contributed by atoms with Gasteiger partial charge in [0, 0.05) is 46.4 Å². The minimum Gasteiger partial charge on any atom is -0.377 e. The maximum atomic E-state index is 5.70. The van der Waals surface area contributed by atoms with Gasteiger partial charge in [-0.3, -0.25) is 0 Å². The van der Waals surface area contributed by atoms with Crippen LogP contribution in [0.1, 0.15) is 19.3 Å². The van der Waals surface area contributed by atoms with E-state index in [1.807, 2.05) is 0 Å². The average Bonchev–Trinajstić information content (AvgIpc) is 2.83. The number of rotatable bonds is 8. The van der Waals surface area contributed by atoms with E-state index in [1.54, 1.807) is 14.2 Å². The normalized spacial score (nSPS) is 22.9. The Bertz CT molecular complexity index is 171. The summed E-state index contributed by atoms with van der Waals surface area (Å²) in [4.78, 5) is 0. The molecule has 96 valence electrons. The van der Waals surface area contributed by atoms with Crippen LogP contribution in [0.25, 0.3) is 0 Å². The summed E-state index contributed by atoms with van der Waals surface area (Å²) in [6.07, 6.45) is 3.22. The van der Waals surface area contributed by atoms with E-state index >= 15 is 0 Å². The van der Waals surface area contributed by atoms with E-state index in [-0.39, 0.29) is 12.3 Å². The van der Waals surface area contributed by atoms with Crippen molar-refractivity contribution < 1.29 is 14.2 Å². The summed E-state index contributed by atoms with van der Waals surface area (Å²) in [5, 5.41) is 3.40. The lowest BCUT2D eigenvalue weighted by Crippen LogP contribution is -2.42. The van der Waals surface area contributed by atoms with Gasteiger partial charge in [0.05, 0.1) is 6.10 Å². The molecule has 5 heteroatoms. The Labute approximate surface area is 97.6 Å². The van der Waals surface area contributed by atoms with E-state index in [9.17, 15) is 0 Å². The van der Waals surface area contributed by atoms with Crippen LogP contribution in [0, 0.1) is 0 Å². The van der Waals surface area contributed by atoms with Gasteiger partial charge >= 0.3 is 0 Å². The highest BCUT2D eigenvalue weighted by atomic mass is 16.7. The number of ether oxygens (including phenoxy) is 3. The van der Waals surface area contributed by atoms with Gasteiger partial charge in [0.25, 0.3) is 0 Å². The van der Waals surface area contributed by atoms with Crippen molar-refractivity contribution in [2.45, 2.75) is 37.7 Å². The maximum Gasteiger partial charge on any atom is 0.158 e. The molecule has 1 aliphatic rings. The van der Waals surface area contributed by atoms with E-state index in [0.29, 0.717) is 12.6 Å². The van der Waals surface area contributed by atoms with Crippen LogP contribution in [0.3, 0.4) is 0 Å². The Hall–Kier alpha value is -0.200. The van der Waals surface area contributed by atoms with Crippen LogP contribution < -0.4 is 11.1 Å². The van der Waals surface area contributed by atoms with Crippen LogP contribution in [0.4, 0.5) is 0 Å². The number of hydrogen-bond donors (Lipinski definition) is 2. The summed E-state index contributed by atoms with van der Waals surface area (Å²) in [7, 11) is 3.28. The lowest BCUT2D eigenvalue weighted by atomic mass is 10.1. The molecule has 1 rings (SSSR count). The summed E-state index contributed by atoms with van der Waals surface area (Å²) in [6.45, 7) is 2.33. The fourth-order valence-corrected chi connectivity index (χ4v) is 1.89. The average molecular weight is 232 g/mol. The van der Waals surface area contributed by atoms with Gasteiger partial charge in [-0.05, 0) is 12.8 Å². The standard InChI is InChI=1S/C11H24N2O3/c1-14-11(15-2)6-9(7-12)13-8-10-4-3-5-16-10/h9-11,13H,3-8,12H2,1-2H3. The first-order valence-corrected chi connectivity index (χ1v) is 5.90. The number of methoxy groups -OCH3 is 2. The van der Waals surface area contributed by atoms with E-state index in [4.69, 9.17) is 19.9 Å². The Morgan fingerprint density at radius 3 is 2.69 bits per heavy atom. The monoisotopic (exact) mass is 232 g/mol. The molecule has 2 unspecified atom stereocenters. The quantitative estimate of drug-likeness (QED) is 0.581. The zero-order valence-electron chi connectivity index (χ0n) is 10.3. The molecule has 0 radical (unpaired) electrons. The maximum absolute atomic E-state index is 5.70. The molecular formula is C11H24N2O3. The molecule has 1 fully saturated rings. The third-order valence-electron chi connectivity index (χ3n) is 2.95. The molecule has 3 N–H and O–H groups in total. The SMILES string of the molecule is COC(CC(CN)NCC1CCCO1)OC. The molecule has 2 atom stereocenters. The lowest BCUT2D eigenvalue weighted by molar-refractivity contribution is -0.110. The first-order chi connectivity index (χ1) is 7.80. The van der Waals surface area contributed by atoms with Crippen molar-refractivity contribution in [3.8, 4) is 0 Å². The molecule has 0 bridgehead atoms. The fraction of sp³-hybridized carbons (Fsp3) is 1.00. The van der Waals surface area contributed by atoms with Crippen molar-refractivity contribution >= 4 is 0 Å².